The lowest BCUT2D eigenvalue weighted by Crippen LogP contribution is -2.43. The molecule has 1 aliphatic rings. The molecular formula is C17H19NO4. The molecule has 1 fully saturated rings. The lowest BCUT2D eigenvalue weighted by Gasteiger charge is -2.26. The van der Waals surface area contributed by atoms with Crippen molar-refractivity contribution in [2.24, 2.45) is 0 Å². The van der Waals surface area contributed by atoms with Gasteiger partial charge < -0.3 is 19.5 Å². The number of amides is 1. The fraction of sp³-hybridized carbons (Fsp3) is 0.353. The molecule has 116 valence electrons. The third-order valence-electron chi connectivity index (χ3n) is 3.87. The molecule has 1 heterocycles. The molecule has 2 aromatic rings. The standard InChI is InChI=1S/C17H19NO4/c19-11-15-14-4-2-1-3-13(14)5-6-16(15)22-12-17(20)18-7-9-21-10-8-18/h1-6,19H,7-12H2. The fourth-order valence-corrected chi connectivity index (χ4v) is 2.66. The van der Waals surface area contributed by atoms with Crippen molar-refractivity contribution in [3.05, 3.63) is 42.0 Å². The second kappa shape index (κ2) is 6.77. The highest BCUT2D eigenvalue weighted by Gasteiger charge is 2.18. The van der Waals surface area contributed by atoms with E-state index in [4.69, 9.17) is 9.47 Å². The lowest BCUT2D eigenvalue weighted by molar-refractivity contribution is -0.137. The molecule has 0 saturated carbocycles. The Bertz CT molecular complexity index is 665. The van der Waals surface area contributed by atoms with Crippen LogP contribution in [0.1, 0.15) is 5.56 Å². The second-order valence-electron chi connectivity index (χ2n) is 5.20. The highest BCUT2D eigenvalue weighted by atomic mass is 16.5. The summed E-state index contributed by atoms with van der Waals surface area (Å²) >= 11 is 0. The van der Waals surface area contributed by atoms with Crippen LogP contribution in [0, 0.1) is 0 Å². The summed E-state index contributed by atoms with van der Waals surface area (Å²) in [7, 11) is 0. The van der Waals surface area contributed by atoms with Gasteiger partial charge in [0.05, 0.1) is 19.8 Å². The van der Waals surface area contributed by atoms with Gasteiger partial charge in [-0.1, -0.05) is 30.3 Å². The summed E-state index contributed by atoms with van der Waals surface area (Å²) in [6, 6.07) is 11.5. The van der Waals surface area contributed by atoms with E-state index >= 15 is 0 Å². The number of ether oxygens (including phenoxy) is 2. The molecule has 5 heteroatoms. The van der Waals surface area contributed by atoms with E-state index in [1.165, 1.54) is 0 Å². The van der Waals surface area contributed by atoms with Crippen molar-refractivity contribution in [1.29, 1.82) is 0 Å². The van der Waals surface area contributed by atoms with Crippen LogP contribution in [0.25, 0.3) is 10.8 Å². The van der Waals surface area contributed by atoms with Gasteiger partial charge in [-0.2, -0.15) is 0 Å². The van der Waals surface area contributed by atoms with Crippen molar-refractivity contribution in [3.63, 3.8) is 0 Å². The van der Waals surface area contributed by atoms with Crippen LogP contribution in [0.3, 0.4) is 0 Å². The summed E-state index contributed by atoms with van der Waals surface area (Å²) in [6.07, 6.45) is 0. The molecule has 0 atom stereocenters. The molecule has 1 saturated heterocycles. The summed E-state index contributed by atoms with van der Waals surface area (Å²) < 4.78 is 10.9. The number of aliphatic hydroxyl groups is 1. The van der Waals surface area contributed by atoms with Gasteiger partial charge in [0, 0.05) is 18.7 Å². The average Bonchev–Trinajstić information content (AvgIpc) is 2.59. The van der Waals surface area contributed by atoms with Crippen molar-refractivity contribution in [2.75, 3.05) is 32.9 Å². The lowest BCUT2D eigenvalue weighted by atomic mass is 10.0. The molecule has 0 unspecified atom stereocenters. The molecule has 3 rings (SSSR count). The number of morpholine rings is 1. The Labute approximate surface area is 129 Å². The van der Waals surface area contributed by atoms with Crippen LogP contribution in [-0.4, -0.2) is 48.8 Å². The molecule has 1 aliphatic heterocycles. The van der Waals surface area contributed by atoms with Crippen molar-refractivity contribution in [2.45, 2.75) is 6.61 Å². The molecule has 0 radical (unpaired) electrons. The third-order valence-corrected chi connectivity index (χ3v) is 3.87. The van der Waals surface area contributed by atoms with Crippen LogP contribution >= 0.6 is 0 Å². The van der Waals surface area contributed by atoms with Gasteiger partial charge in [0.1, 0.15) is 5.75 Å². The number of carbonyl (C=O) groups is 1. The zero-order chi connectivity index (χ0) is 15.4. The van der Waals surface area contributed by atoms with Crippen LogP contribution in [0.15, 0.2) is 36.4 Å². The minimum Gasteiger partial charge on any atom is -0.483 e. The number of carbonyl (C=O) groups excluding carboxylic acids is 1. The summed E-state index contributed by atoms with van der Waals surface area (Å²) in [5.41, 5.74) is 0.716. The summed E-state index contributed by atoms with van der Waals surface area (Å²) in [5, 5.41) is 11.6. The van der Waals surface area contributed by atoms with Gasteiger partial charge in [-0.3, -0.25) is 4.79 Å². The molecule has 0 aromatic heterocycles. The molecule has 22 heavy (non-hydrogen) atoms. The number of fused-ring (bicyclic) bond motifs is 1. The average molecular weight is 301 g/mol. The Morgan fingerprint density at radius 1 is 1.18 bits per heavy atom. The molecule has 5 nitrogen and oxygen atoms in total. The first kappa shape index (κ1) is 14.8. The van der Waals surface area contributed by atoms with E-state index < -0.39 is 0 Å². The van der Waals surface area contributed by atoms with E-state index in [0.717, 1.165) is 10.8 Å². The maximum absolute atomic E-state index is 12.1. The van der Waals surface area contributed by atoms with Crippen LogP contribution in [-0.2, 0) is 16.1 Å². The molecule has 0 aliphatic carbocycles. The smallest absolute Gasteiger partial charge is 0.260 e. The molecule has 1 N–H and O–H groups in total. The number of hydrogen-bond donors (Lipinski definition) is 1. The normalized spacial score (nSPS) is 15.0. The van der Waals surface area contributed by atoms with E-state index in [1.54, 1.807) is 11.0 Å². The molecular weight excluding hydrogens is 282 g/mol. The highest BCUT2D eigenvalue weighted by Crippen LogP contribution is 2.28. The van der Waals surface area contributed by atoms with Gasteiger partial charge in [-0.25, -0.2) is 0 Å². The minimum absolute atomic E-state index is 0.0225. The van der Waals surface area contributed by atoms with E-state index in [9.17, 15) is 9.90 Å². The Balaban J connectivity index is 1.74. The predicted molar refractivity (Wildman–Crippen MR) is 82.8 cm³/mol. The van der Waals surface area contributed by atoms with Gasteiger partial charge in [-0.05, 0) is 16.8 Å². The number of aliphatic hydroxyl groups excluding tert-OH is 1. The van der Waals surface area contributed by atoms with Gasteiger partial charge in [-0.15, -0.1) is 0 Å². The number of hydrogen-bond acceptors (Lipinski definition) is 4. The maximum atomic E-state index is 12.1. The topological polar surface area (TPSA) is 59.0 Å². The Hall–Kier alpha value is -2.11. The number of rotatable bonds is 4. The van der Waals surface area contributed by atoms with Crippen LogP contribution in [0.4, 0.5) is 0 Å². The third kappa shape index (κ3) is 3.05. The largest absolute Gasteiger partial charge is 0.483 e. The molecule has 0 spiro atoms. The number of nitrogens with zero attached hydrogens (tertiary/aromatic N) is 1. The summed E-state index contributed by atoms with van der Waals surface area (Å²) in [4.78, 5) is 13.9. The molecule has 0 bridgehead atoms. The van der Waals surface area contributed by atoms with E-state index in [1.807, 2.05) is 30.3 Å². The first-order valence-electron chi connectivity index (χ1n) is 7.39. The van der Waals surface area contributed by atoms with Crippen molar-refractivity contribution >= 4 is 16.7 Å². The summed E-state index contributed by atoms with van der Waals surface area (Å²) in [5.74, 6) is 0.503. The maximum Gasteiger partial charge on any atom is 0.260 e. The first-order chi connectivity index (χ1) is 10.8. The number of benzene rings is 2. The Morgan fingerprint density at radius 3 is 2.73 bits per heavy atom. The SMILES string of the molecule is O=C(COc1ccc2ccccc2c1CO)N1CCOCC1. The van der Waals surface area contributed by atoms with Gasteiger partial charge in [0.2, 0.25) is 0 Å². The zero-order valence-corrected chi connectivity index (χ0v) is 12.3. The first-order valence-corrected chi connectivity index (χ1v) is 7.39. The Morgan fingerprint density at radius 2 is 1.95 bits per heavy atom. The van der Waals surface area contributed by atoms with Crippen LogP contribution < -0.4 is 4.74 Å². The predicted octanol–water partition coefficient (Wildman–Crippen LogP) is 1.57. The van der Waals surface area contributed by atoms with Crippen LogP contribution in [0.5, 0.6) is 5.75 Å². The second-order valence-corrected chi connectivity index (χ2v) is 5.20. The Kier molecular flexibility index (Phi) is 4.56. The van der Waals surface area contributed by atoms with Gasteiger partial charge in [0.15, 0.2) is 6.61 Å². The van der Waals surface area contributed by atoms with E-state index in [2.05, 4.69) is 0 Å². The zero-order valence-electron chi connectivity index (χ0n) is 12.3. The monoisotopic (exact) mass is 301 g/mol. The van der Waals surface area contributed by atoms with E-state index in [0.29, 0.717) is 37.6 Å². The van der Waals surface area contributed by atoms with Crippen molar-refractivity contribution in [1.82, 2.24) is 4.90 Å². The van der Waals surface area contributed by atoms with Gasteiger partial charge >= 0.3 is 0 Å². The molecule has 1 amide bonds. The quantitative estimate of drug-likeness (QED) is 0.931. The van der Waals surface area contributed by atoms with Gasteiger partial charge in [0.25, 0.3) is 5.91 Å². The summed E-state index contributed by atoms with van der Waals surface area (Å²) in [6.45, 7) is 2.21. The van der Waals surface area contributed by atoms with Crippen LogP contribution in [0.2, 0.25) is 0 Å². The van der Waals surface area contributed by atoms with Crippen molar-refractivity contribution < 1.29 is 19.4 Å². The minimum atomic E-state index is -0.123. The van der Waals surface area contributed by atoms with Crippen molar-refractivity contribution in [3.8, 4) is 5.75 Å². The van der Waals surface area contributed by atoms with E-state index in [-0.39, 0.29) is 19.1 Å². The molecule has 2 aromatic carbocycles. The highest BCUT2D eigenvalue weighted by molar-refractivity contribution is 5.87. The fourth-order valence-electron chi connectivity index (χ4n) is 2.66.